The van der Waals surface area contributed by atoms with Crippen LogP contribution in [0, 0.1) is 0 Å². The monoisotopic (exact) mass is 259 g/mol. The second-order valence-corrected chi connectivity index (χ2v) is 4.10. The van der Waals surface area contributed by atoms with Gasteiger partial charge in [0.1, 0.15) is 0 Å². The van der Waals surface area contributed by atoms with Gasteiger partial charge in [-0.3, -0.25) is 0 Å². The molecule has 0 saturated carbocycles. The number of hydrogen-bond acceptors (Lipinski definition) is 2. The Hall–Kier alpha value is -2.27. The van der Waals surface area contributed by atoms with Gasteiger partial charge in [0.05, 0.1) is 0 Å². The zero-order valence-corrected chi connectivity index (χ0v) is 10.5. The first-order valence-electron chi connectivity index (χ1n) is 6.19. The number of aliphatic hydroxyl groups excluding tert-OH is 1. The van der Waals surface area contributed by atoms with Crippen LogP contribution in [0.5, 0.6) is 0 Å². The van der Waals surface area contributed by atoms with E-state index in [1.165, 1.54) is 0 Å². The fraction of sp³-hybridized carbons (Fsp3) is 0.214. The van der Waals surface area contributed by atoms with E-state index in [1.807, 2.05) is 53.4 Å². The van der Waals surface area contributed by atoms with E-state index in [0.717, 1.165) is 11.4 Å². The SMILES string of the molecule is O=C(NCCCO)Nc1ccc(-n2cccc2)cc1. The number of nitrogens with zero attached hydrogens (tertiary/aromatic N) is 1. The highest BCUT2D eigenvalue weighted by Gasteiger charge is 2.01. The molecular weight excluding hydrogens is 242 g/mol. The molecule has 0 aliphatic carbocycles. The van der Waals surface area contributed by atoms with Gasteiger partial charge in [-0.1, -0.05) is 0 Å². The Morgan fingerprint density at radius 3 is 2.47 bits per heavy atom. The van der Waals surface area contributed by atoms with Gasteiger partial charge in [0.15, 0.2) is 0 Å². The molecule has 5 heteroatoms. The molecule has 0 atom stereocenters. The van der Waals surface area contributed by atoms with Crippen molar-refractivity contribution in [2.75, 3.05) is 18.5 Å². The number of nitrogens with one attached hydrogen (secondary N) is 2. The van der Waals surface area contributed by atoms with E-state index >= 15 is 0 Å². The predicted molar refractivity (Wildman–Crippen MR) is 74.5 cm³/mol. The molecule has 100 valence electrons. The molecule has 3 N–H and O–H groups in total. The Morgan fingerprint density at radius 2 is 1.84 bits per heavy atom. The number of carbonyl (C=O) groups excluding carboxylic acids is 1. The average Bonchev–Trinajstić information content (AvgIpc) is 2.94. The van der Waals surface area contributed by atoms with Crippen LogP contribution in [0.2, 0.25) is 0 Å². The number of rotatable bonds is 5. The lowest BCUT2D eigenvalue weighted by Crippen LogP contribution is -2.29. The van der Waals surface area contributed by atoms with Crippen molar-refractivity contribution in [1.29, 1.82) is 0 Å². The standard InChI is InChI=1S/C14H17N3O2/c18-11-3-8-15-14(19)16-12-4-6-13(7-5-12)17-9-1-2-10-17/h1-2,4-7,9-10,18H,3,8,11H2,(H2,15,16,19). The molecular formula is C14H17N3O2. The highest BCUT2D eigenvalue weighted by molar-refractivity contribution is 5.89. The molecule has 5 nitrogen and oxygen atoms in total. The first-order chi connectivity index (χ1) is 9.29. The molecule has 0 fully saturated rings. The third kappa shape index (κ3) is 3.86. The molecule has 2 rings (SSSR count). The van der Waals surface area contributed by atoms with Crippen molar-refractivity contribution in [2.45, 2.75) is 6.42 Å². The first-order valence-corrected chi connectivity index (χ1v) is 6.19. The molecule has 0 saturated heterocycles. The van der Waals surface area contributed by atoms with Gasteiger partial charge in [-0.25, -0.2) is 4.79 Å². The maximum atomic E-state index is 11.5. The zero-order chi connectivity index (χ0) is 13.5. The number of aliphatic hydroxyl groups is 1. The number of urea groups is 1. The van der Waals surface area contributed by atoms with Crippen molar-refractivity contribution in [3.63, 3.8) is 0 Å². The second-order valence-electron chi connectivity index (χ2n) is 4.10. The second kappa shape index (κ2) is 6.61. The zero-order valence-electron chi connectivity index (χ0n) is 10.5. The summed E-state index contributed by atoms with van der Waals surface area (Å²) in [6.07, 6.45) is 4.48. The highest BCUT2D eigenvalue weighted by atomic mass is 16.3. The molecule has 0 aliphatic heterocycles. The summed E-state index contributed by atoms with van der Waals surface area (Å²) in [7, 11) is 0. The van der Waals surface area contributed by atoms with E-state index < -0.39 is 0 Å². The fourth-order valence-corrected chi connectivity index (χ4v) is 1.68. The van der Waals surface area contributed by atoms with Gasteiger partial charge >= 0.3 is 6.03 Å². The number of anilines is 1. The third-order valence-corrected chi connectivity index (χ3v) is 2.65. The minimum absolute atomic E-state index is 0.0752. The molecule has 1 aromatic heterocycles. The first kappa shape index (κ1) is 13.2. The van der Waals surface area contributed by atoms with Crippen molar-refractivity contribution < 1.29 is 9.90 Å². The lowest BCUT2D eigenvalue weighted by Gasteiger charge is -2.08. The summed E-state index contributed by atoms with van der Waals surface area (Å²) >= 11 is 0. The van der Waals surface area contributed by atoms with Crippen LogP contribution in [0.3, 0.4) is 0 Å². The van der Waals surface area contributed by atoms with Crippen molar-refractivity contribution in [3.8, 4) is 5.69 Å². The van der Waals surface area contributed by atoms with Crippen LogP contribution in [-0.2, 0) is 0 Å². The summed E-state index contributed by atoms with van der Waals surface area (Å²) in [6.45, 7) is 0.537. The van der Waals surface area contributed by atoms with Crippen LogP contribution in [0.25, 0.3) is 5.69 Å². The molecule has 0 unspecified atom stereocenters. The Balaban J connectivity index is 1.90. The van der Waals surface area contributed by atoms with Crippen molar-refractivity contribution in [2.24, 2.45) is 0 Å². The fourth-order valence-electron chi connectivity index (χ4n) is 1.68. The summed E-state index contributed by atoms with van der Waals surface area (Å²) in [5.74, 6) is 0. The molecule has 0 radical (unpaired) electrons. The van der Waals surface area contributed by atoms with E-state index in [-0.39, 0.29) is 12.6 Å². The number of aromatic nitrogens is 1. The molecule has 0 bridgehead atoms. The largest absolute Gasteiger partial charge is 0.396 e. The van der Waals surface area contributed by atoms with E-state index in [2.05, 4.69) is 10.6 Å². The molecule has 1 heterocycles. The molecule has 1 aromatic carbocycles. The minimum atomic E-state index is -0.262. The Morgan fingerprint density at radius 1 is 1.16 bits per heavy atom. The average molecular weight is 259 g/mol. The molecule has 2 amide bonds. The summed E-state index contributed by atoms with van der Waals surface area (Å²) < 4.78 is 1.99. The van der Waals surface area contributed by atoms with Crippen LogP contribution < -0.4 is 10.6 Å². The Labute approximate surface area is 111 Å². The van der Waals surface area contributed by atoms with E-state index in [4.69, 9.17) is 5.11 Å². The van der Waals surface area contributed by atoms with Crippen molar-refractivity contribution in [3.05, 3.63) is 48.8 Å². The lowest BCUT2D eigenvalue weighted by molar-refractivity contribution is 0.249. The van der Waals surface area contributed by atoms with Gasteiger partial charge in [0.25, 0.3) is 0 Å². The number of hydrogen-bond donors (Lipinski definition) is 3. The number of amides is 2. The van der Waals surface area contributed by atoms with E-state index in [0.29, 0.717) is 13.0 Å². The van der Waals surface area contributed by atoms with Gasteiger partial charge in [0, 0.05) is 36.9 Å². The Bertz CT molecular complexity index is 506. The van der Waals surface area contributed by atoms with Gasteiger partial charge < -0.3 is 20.3 Å². The van der Waals surface area contributed by atoms with Gasteiger partial charge in [-0.05, 0) is 42.8 Å². The van der Waals surface area contributed by atoms with Gasteiger partial charge in [-0.15, -0.1) is 0 Å². The number of benzene rings is 1. The van der Waals surface area contributed by atoms with Gasteiger partial charge in [-0.2, -0.15) is 0 Å². The lowest BCUT2D eigenvalue weighted by atomic mass is 10.3. The van der Waals surface area contributed by atoms with Crippen LogP contribution >= 0.6 is 0 Å². The Kier molecular flexibility index (Phi) is 4.58. The molecule has 19 heavy (non-hydrogen) atoms. The topological polar surface area (TPSA) is 66.3 Å². The third-order valence-electron chi connectivity index (χ3n) is 2.65. The van der Waals surface area contributed by atoms with E-state index in [1.54, 1.807) is 0 Å². The normalized spacial score (nSPS) is 10.2. The molecule has 0 spiro atoms. The summed E-state index contributed by atoms with van der Waals surface area (Å²) in [6, 6.07) is 11.2. The molecule has 0 aliphatic rings. The summed E-state index contributed by atoms with van der Waals surface area (Å²) in [5.41, 5.74) is 1.77. The van der Waals surface area contributed by atoms with Crippen LogP contribution in [0.15, 0.2) is 48.8 Å². The summed E-state index contributed by atoms with van der Waals surface area (Å²) in [4.78, 5) is 11.5. The van der Waals surface area contributed by atoms with Crippen LogP contribution in [-0.4, -0.2) is 28.9 Å². The maximum absolute atomic E-state index is 11.5. The number of carbonyl (C=O) groups is 1. The minimum Gasteiger partial charge on any atom is -0.396 e. The van der Waals surface area contributed by atoms with Crippen LogP contribution in [0.4, 0.5) is 10.5 Å². The van der Waals surface area contributed by atoms with Crippen LogP contribution in [0.1, 0.15) is 6.42 Å². The van der Waals surface area contributed by atoms with E-state index in [9.17, 15) is 4.79 Å². The van der Waals surface area contributed by atoms with Crippen molar-refractivity contribution >= 4 is 11.7 Å². The smallest absolute Gasteiger partial charge is 0.319 e. The maximum Gasteiger partial charge on any atom is 0.319 e. The molecule has 2 aromatic rings. The van der Waals surface area contributed by atoms with Crippen molar-refractivity contribution in [1.82, 2.24) is 9.88 Å². The quantitative estimate of drug-likeness (QED) is 0.719. The predicted octanol–water partition coefficient (Wildman–Crippen LogP) is 1.98. The van der Waals surface area contributed by atoms with Gasteiger partial charge in [0.2, 0.25) is 0 Å². The summed E-state index contributed by atoms with van der Waals surface area (Å²) in [5, 5.41) is 14.0. The highest BCUT2D eigenvalue weighted by Crippen LogP contribution is 2.13.